The van der Waals surface area contributed by atoms with Gasteiger partial charge in [0, 0.05) is 30.7 Å². The second kappa shape index (κ2) is 9.62. The van der Waals surface area contributed by atoms with E-state index in [1.54, 1.807) is 0 Å². The van der Waals surface area contributed by atoms with Gasteiger partial charge in [-0.1, -0.05) is 34.6 Å². The van der Waals surface area contributed by atoms with E-state index in [0.717, 1.165) is 30.0 Å². The molecule has 0 saturated carbocycles. The third kappa shape index (κ3) is 6.47. The Balaban J connectivity index is 2.06. The van der Waals surface area contributed by atoms with E-state index < -0.39 is 17.6 Å². The zero-order chi connectivity index (χ0) is 24.6. The minimum Gasteiger partial charge on any atom is -0.488 e. The van der Waals surface area contributed by atoms with Gasteiger partial charge in [0.2, 0.25) is 0 Å². The first-order valence-corrected chi connectivity index (χ1v) is 11.9. The summed E-state index contributed by atoms with van der Waals surface area (Å²) in [6.07, 6.45) is -2.02. The van der Waals surface area contributed by atoms with Crippen molar-refractivity contribution >= 4 is 17.2 Å². The summed E-state index contributed by atoms with van der Waals surface area (Å²) in [6, 6.07) is 3.04. The quantitative estimate of drug-likeness (QED) is 0.576. The number of nitrogens with zero attached hydrogens (tertiary/aromatic N) is 3. The maximum atomic E-state index is 13.4. The number of benzene rings is 1. The van der Waals surface area contributed by atoms with Gasteiger partial charge in [-0.2, -0.15) is 18.2 Å². The molecular formula is C24H32F3N3O2S. The molecule has 1 fully saturated rings. The molecule has 0 bridgehead atoms. The normalized spacial score (nSPS) is 18.4. The van der Waals surface area contributed by atoms with Gasteiger partial charge in [-0.25, -0.2) is 0 Å². The molecule has 1 amide bonds. The number of carbonyl (C=O) groups excluding carboxylic acids is 1. The minimum atomic E-state index is -4.57. The van der Waals surface area contributed by atoms with Gasteiger partial charge in [0.1, 0.15) is 11.9 Å². The molecule has 5 nitrogen and oxygen atoms in total. The van der Waals surface area contributed by atoms with Crippen molar-refractivity contribution in [3.63, 3.8) is 0 Å². The van der Waals surface area contributed by atoms with Crippen molar-refractivity contribution in [2.24, 2.45) is 10.9 Å². The van der Waals surface area contributed by atoms with E-state index in [1.165, 1.54) is 17.4 Å². The molecular weight excluding hydrogens is 451 g/mol. The van der Waals surface area contributed by atoms with Crippen molar-refractivity contribution < 1.29 is 22.7 Å². The lowest BCUT2D eigenvalue weighted by molar-refractivity contribution is -0.137. The lowest BCUT2D eigenvalue weighted by Crippen LogP contribution is -2.23. The maximum absolute atomic E-state index is 13.4. The van der Waals surface area contributed by atoms with Gasteiger partial charge in [0.05, 0.1) is 11.1 Å². The molecule has 9 heteroatoms. The summed E-state index contributed by atoms with van der Waals surface area (Å²) in [6.45, 7) is 12.5. The first kappa shape index (κ1) is 25.5. The number of hydrogen-bond acceptors (Lipinski definition) is 4. The molecule has 1 aromatic carbocycles. The Labute approximate surface area is 196 Å². The number of likely N-dealkylation sites (N-methyl/N-ethyl adjacent to an activating group) is 1. The first-order valence-electron chi connectivity index (χ1n) is 11.1. The van der Waals surface area contributed by atoms with E-state index in [1.807, 2.05) is 17.8 Å². The van der Waals surface area contributed by atoms with Gasteiger partial charge in [-0.3, -0.25) is 4.79 Å². The number of hydrogen-bond donors (Lipinski definition) is 0. The highest BCUT2D eigenvalue weighted by molar-refractivity contribution is 7.09. The van der Waals surface area contributed by atoms with Crippen LogP contribution in [0.15, 0.2) is 29.4 Å². The highest BCUT2D eigenvalue weighted by atomic mass is 32.1. The number of halogens is 3. The van der Waals surface area contributed by atoms with Gasteiger partial charge in [0.25, 0.3) is 5.91 Å². The van der Waals surface area contributed by atoms with Crippen LogP contribution in [0, 0.1) is 5.92 Å². The Bertz CT molecular complexity index is 1060. The third-order valence-electron chi connectivity index (χ3n) is 5.40. The smallest absolute Gasteiger partial charge is 0.416 e. The van der Waals surface area contributed by atoms with E-state index in [-0.39, 0.29) is 22.8 Å². The van der Waals surface area contributed by atoms with Crippen LogP contribution in [0.5, 0.6) is 5.75 Å². The minimum absolute atomic E-state index is 0.139. The molecule has 3 rings (SSSR count). The van der Waals surface area contributed by atoms with Crippen molar-refractivity contribution in [1.82, 2.24) is 9.47 Å². The van der Waals surface area contributed by atoms with E-state index in [0.29, 0.717) is 23.8 Å². The lowest BCUT2D eigenvalue weighted by atomic mass is 9.95. The summed E-state index contributed by atoms with van der Waals surface area (Å²) in [7, 11) is 1.95. The fraction of sp³-hybridized carbons (Fsp3) is 0.583. The second-order valence-corrected chi connectivity index (χ2v) is 11.1. The molecule has 1 atom stereocenters. The van der Waals surface area contributed by atoms with E-state index in [9.17, 15) is 18.0 Å². The van der Waals surface area contributed by atoms with Crippen molar-refractivity contribution in [3.05, 3.63) is 45.2 Å². The van der Waals surface area contributed by atoms with Crippen LogP contribution in [0.1, 0.15) is 61.8 Å². The number of rotatable bonds is 5. The summed E-state index contributed by atoms with van der Waals surface area (Å²) in [5.74, 6) is -0.282. The van der Waals surface area contributed by atoms with Crippen LogP contribution in [0.2, 0.25) is 0 Å². The molecule has 33 heavy (non-hydrogen) atoms. The topological polar surface area (TPSA) is 46.8 Å². The number of aromatic nitrogens is 1. The molecule has 0 aliphatic carbocycles. The molecule has 2 aromatic rings. The average molecular weight is 484 g/mol. The van der Waals surface area contributed by atoms with Gasteiger partial charge in [-0.15, -0.1) is 11.3 Å². The number of thiazole rings is 1. The van der Waals surface area contributed by atoms with Crippen molar-refractivity contribution in [1.29, 1.82) is 0 Å². The number of amides is 1. The Morgan fingerprint density at radius 2 is 1.97 bits per heavy atom. The second-order valence-electron chi connectivity index (χ2n) is 10.1. The SMILES string of the molecule is CC(C)Cn1cc(C(C)(C)C)sc1=NC(=O)c1cc(C(F)(F)F)ccc1O[C@H]1CCN(C)C1. The van der Waals surface area contributed by atoms with Crippen LogP contribution in [-0.2, 0) is 18.1 Å². The summed E-state index contributed by atoms with van der Waals surface area (Å²) in [4.78, 5) is 21.1. The summed E-state index contributed by atoms with van der Waals surface area (Å²) in [5, 5.41) is 0. The molecule has 0 radical (unpaired) electrons. The van der Waals surface area contributed by atoms with Crippen LogP contribution < -0.4 is 9.54 Å². The molecule has 0 N–H and O–H groups in total. The van der Waals surface area contributed by atoms with Crippen molar-refractivity contribution in [2.75, 3.05) is 20.1 Å². The summed E-state index contributed by atoms with van der Waals surface area (Å²) >= 11 is 1.39. The van der Waals surface area contributed by atoms with Crippen LogP contribution in [0.4, 0.5) is 13.2 Å². The molecule has 1 aliphatic heterocycles. The molecule has 2 heterocycles. The fourth-order valence-electron chi connectivity index (χ4n) is 3.63. The van der Waals surface area contributed by atoms with Crippen LogP contribution >= 0.6 is 11.3 Å². The number of ether oxygens (including phenoxy) is 1. The van der Waals surface area contributed by atoms with Crippen LogP contribution in [-0.4, -0.2) is 41.6 Å². The summed E-state index contributed by atoms with van der Waals surface area (Å²) in [5.41, 5.74) is -1.20. The number of carbonyl (C=O) groups is 1. The molecule has 1 aromatic heterocycles. The molecule has 0 spiro atoms. The zero-order valence-corrected chi connectivity index (χ0v) is 20.8. The van der Waals surface area contributed by atoms with E-state index in [4.69, 9.17) is 4.74 Å². The molecule has 1 saturated heterocycles. The Hall–Kier alpha value is -2.13. The molecule has 1 aliphatic rings. The predicted octanol–water partition coefficient (Wildman–Crippen LogP) is 5.35. The van der Waals surface area contributed by atoms with Gasteiger partial charge in [0.15, 0.2) is 4.80 Å². The fourth-order valence-corrected chi connectivity index (χ4v) is 4.69. The van der Waals surface area contributed by atoms with Gasteiger partial charge >= 0.3 is 6.18 Å². The Kier molecular flexibility index (Phi) is 7.43. The number of alkyl halides is 3. The van der Waals surface area contributed by atoms with Gasteiger partial charge in [-0.05, 0) is 43.0 Å². The highest BCUT2D eigenvalue weighted by Crippen LogP contribution is 2.34. The third-order valence-corrected chi connectivity index (χ3v) is 6.84. The van der Waals surface area contributed by atoms with E-state index in [2.05, 4.69) is 44.5 Å². The monoisotopic (exact) mass is 483 g/mol. The van der Waals surface area contributed by atoms with Crippen LogP contribution in [0.25, 0.3) is 0 Å². The van der Waals surface area contributed by atoms with E-state index >= 15 is 0 Å². The number of likely N-dealkylation sites (tertiary alicyclic amines) is 1. The lowest BCUT2D eigenvalue weighted by Gasteiger charge is -2.17. The molecule has 0 unspecified atom stereocenters. The molecule has 182 valence electrons. The van der Waals surface area contributed by atoms with Crippen LogP contribution in [0.3, 0.4) is 0 Å². The standard InChI is InChI=1S/C24H32F3N3O2S/c1-15(2)12-30-14-20(23(3,4)5)33-22(30)28-21(31)18-11-16(24(25,26)27)7-8-19(18)32-17-9-10-29(6)13-17/h7-8,11,14-15,17H,9-10,12-13H2,1-6H3/t17-/m0/s1. The van der Waals surface area contributed by atoms with Crippen molar-refractivity contribution in [3.8, 4) is 5.75 Å². The highest BCUT2D eigenvalue weighted by Gasteiger charge is 2.33. The Morgan fingerprint density at radius 3 is 2.52 bits per heavy atom. The largest absolute Gasteiger partial charge is 0.488 e. The maximum Gasteiger partial charge on any atom is 0.416 e. The Morgan fingerprint density at radius 1 is 1.27 bits per heavy atom. The first-order chi connectivity index (χ1) is 15.2. The average Bonchev–Trinajstić information content (AvgIpc) is 3.26. The van der Waals surface area contributed by atoms with Crippen molar-refractivity contribution in [2.45, 2.75) is 65.3 Å². The predicted molar refractivity (Wildman–Crippen MR) is 124 cm³/mol. The summed E-state index contributed by atoms with van der Waals surface area (Å²) < 4.78 is 48.1. The van der Waals surface area contributed by atoms with Gasteiger partial charge < -0.3 is 14.2 Å². The zero-order valence-electron chi connectivity index (χ0n) is 20.0.